The van der Waals surface area contributed by atoms with Gasteiger partial charge in [0.1, 0.15) is 5.75 Å². The SMILES string of the molecule is CCC1CCCCN1C(CN)c1cccc(OC)c1. The average Bonchev–Trinajstić information content (AvgIpc) is 2.49. The zero-order valence-corrected chi connectivity index (χ0v) is 12.1. The Morgan fingerprint density at radius 2 is 2.26 bits per heavy atom. The lowest BCUT2D eigenvalue weighted by Gasteiger charge is -2.41. The summed E-state index contributed by atoms with van der Waals surface area (Å²) >= 11 is 0. The summed E-state index contributed by atoms with van der Waals surface area (Å²) in [5.41, 5.74) is 7.34. The molecule has 2 rings (SSSR count). The topological polar surface area (TPSA) is 38.5 Å². The van der Waals surface area contributed by atoms with Crippen molar-refractivity contribution in [3.05, 3.63) is 29.8 Å². The fraction of sp³-hybridized carbons (Fsp3) is 0.625. The Morgan fingerprint density at radius 1 is 1.42 bits per heavy atom. The third-order valence-electron chi connectivity index (χ3n) is 4.25. The first-order valence-electron chi connectivity index (χ1n) is 7.40. The lowest BCUT2D eigenvalue weighted by atomic mass is 9.95. The number of hydrogen-bond donors (Lipinski definition) is 1. The van der Waals surface area contributed by atoms with Crippen molar-refractivity contribution in [1.82, 2.24) is 4.90 Å². The third-order valence-corrected chi connectivity index (χ3v) is 4.25. The summed E-state index contributed by atoms with van der Waals surface area (Å²) in [5.74, 6) is 0.918. The lowest BCUT2D eigenvalue weighted by Crippen LogP contribution is -2.44. The Labute approximate surface area is 116 Å². The Hall–Kier alpha value is -1.06. The molecule has 0 radical (unpaired) electrons. The molecule has 0 aromatic heterocycles. The fourth-order valence-electron chi connectivity index (χ4n) is 3.18. The summed E-state index contributed by atoms with van der Waals surface area (Å²) in [6, 6.07) is 9.33. The second-order valence-electron chi connectivity index (χ2n) is 5.32. The van der Waals surface area contributed by atoms with Crippen molar-refractivity contribution >= 4 is 0 Å². The second kappa shape index (κ2) is 6.92. The number of methoxy groups -OCH3 is 1. The van der Waals surface area contributed by atoms with Gasteiger partial charge in [0.2, 0.25) is 0 Å². The number of rotatable bonds is 5. The smallest absolute Gasteiger partial charge is 0.119 e. The molecular formula is C16H26N2O. The molecule has 1 heterocycles. The average molecular weight is 262 g/mol. The van der Waals surface area contributed by atoms with Gasteiger partial charge < -0.3 is 10.5 Å². The van der Waals surface area contributed by atoms with Crippen LogP contribution in [0.1, 0.15) is 44.2 Å². The molecule has 1 aromatic rings. The van der Waals surface area contributed by atoms with Gasteiger partial charge in [0.25, 0.3) is 0 Å². The van der Waals surface area contributed by atoms with Crippen LogP contribution < -0.4 is 10.5 Å². The van der Waals surface area contributed by atoms with Crippen molar-refractivity contribution in [2.75, 3.05) is 20.2 Å². The quantitative estimate of drug-likeness (QED) is 0.886. The molecule has 0 amide bonds. The summed E-state index contributed by atoms with van der Waals surface area (Å²) in [5, 5.41) is 0. The number of benzene rings is 1. The molecule has 1 fully saturated rings. The molecule has 1 saturated heterocycles. The van der Waals surface area contributed by atoms with Crippen LogP contribution in [0.4, 0.5) is 0 Å². The number of hydrogen-bond acceptors (Lipinski definition) is 3. The Morgan fingerprint density at radius 3 is 2.95 bits per heavy atom. The van der Waals surface area contributed by atoms with E-state index in [-0.39, 0.29) is 0 Å². The molecule has 1 aromatic carbocycles. The first-order valence-corrected chi connectivity index (χ1v) is 7.40. The molecule has 2 unspecified atom stereocenters. The molecule has 19 heavy (non-hydrogen) atoms. The first-order chi connectivity index (χ1) is 9.30. The van der Waals surface area contributed by atoms with Crippen LogP contribution in [0.15, 0.2) is 24.3 Å². The number of piperidine rings is 1. The van der Waals surface area contributed by atoms with Crippen molar-refractivity contribution in [3.63, 3.8) is 0 Å². The van der Waals surface area contributed by atoms with Crippen molar-refractivity contribution in [2.24, 2.45) is 5.73 Å². The largest absolute Gasteiger partial charge is 0.497 e. The van der Waals surface area contributed by atoms with Crippen molar-refractivity contribution < 1.29 is 4.74 Å². The van der Waals surface area contributed by atoms with Gasteiger partial charge in [0.15, 0.2) is 0 Å². The van der Waals surface area contributed by atoms with Gasteiger partial charge in [0, 0.05) is 18.6 Å². The predicted octanol–water partition coefficient (Wildman–Crippen LogP) is 2.96. The highest BCUT2D eigenvalue weighted by Crippen LogP contribution is 2.30. The van der Waals surface area contributed by atoms with Gasteiger partial charge in [-0.3, -0.25) is 4.90 Å². The zero-order valence-electron chi connectivity index (χ0n) is 12.1. The van der Waals surface area contributed by atoms with Crippen molar-refractivity contribution in [3.8, 4) is 5.75 Å². The van der Waals surface area contributed by atoms with E-state index in [1.54, 1.807) is 7.11 Å². The van der Waals surface area contributed by atoms with Crippen LogP contribution in [0.3, 0.4) is 0 Å². The van der Waals surface area contributed by atoms with Gasteiger partial charge in [-0.25, -0.2) is 0 Å². The van der Waals surface area contributed by atoms with E-state index in [9.17, 15) is 0 Å². The molecule has 106 valence electrons. The molecule has 2 N–H and O–H groups in total. The summed E-state index contributed by atoms with van der Waals surface area (Å²) in [4.78, 5) is 2.60. The highest BCUT2D eigenvalue weighted by molar-refractivity contribution is 5.31. The van der Waals surface area contributed by atoms with Crippen molar-refractivity contribution in [2.45, 2.75) is 44.7 Å². The monoisotopic (exact) mass is 262 g/mol. The van der Waals surface area contributed by atoms with Crippen LogP contribution in [0.25, 0.3) is 0 Å². The number of nitrogens with two attached hydrogens (primary N) is 1. The van der Waals surface area contributed by atoms with Crippen LogP contribution in [0.5, 0.6) is 5.75 Å². The van der Waals surface area contributed by atoms with Gasteiger partial charge in [0.05, 0.1) is 7.11 Å². The summed E-state index contributed by atoms with van der Waals surface area (Å²) in [7, 11) is 1.71. The number of likely N-dealkylation sites (tertiary alicyclic amines) is 1. The molecule has 3 nitrogen and oxygen atoms in total. The lowest BCUT2D eigenvalue weighted by molar-refractivity contribution is 0.0948. The summed E-state index contributed by atoms with van der Waals surface area (Å²) in [6.45, 7) is 4.11. The van der Waals surface area contributed by atoms with Crippen LogP contribution in [-0.2, 0) is 0 Å². The second-order valence-corrected chi connectivity index (χ2v) is 5.32. The summed E-state index contributed by atoms with van der Waals surface area (Å²) < 4.78 is 5.33. The Bertz CT molecular complexity index is 394. The molecule has 0 aliphatic carbocycles. The van der Waals surface area contributed by atoms with E-state index in [0.717, 1.165) is 12.3 Å². The van der Waals surface area contributed by atoms with Crippen LogP contribution in [0, 0.1) is 0 Å². The molecule has 0 bridgehead atoms. The van der Waals surface area contributed by atoms with Gasteiger partial charge in [-0.15, -0.1) is 0 Å². The maximum absolute atomic E-state index is 6.06. The van der Waals surface area contributed by atoms with Gasteiger partial charge in [-0.05, 0) is 43.5 Å². The summed E-state index contributed by atoms with van der Waals surface area (Å²) in [6.07, 6.45) is 5.15. The maximum atomic E-state index is 6.06. The molecule has 0 saturated carbocycles. The fourth-order valence-corrected chi connectivity index (χ4v) is 3.18. The normalized spacial score (nSPS) is 22.2. The van der Waals surface area contributed by atoms with E-state index in [1.807, 2.05) is 6.07 Å². The maximum Gasteiger partial charge on any atom is 0.119 e. The highest BCUT2D eigenvalue weighted by atomic mass is 16.5. The first kappa shape index (κ1) is 14.4. The minimum atomic E-state index is 0.320. The molecule has 3 heteroatoms. The van der Waals surface area contributed by atoms with E-state index < -0.39 is 0 Å². The molecule has 1 aliphatic rings. The minimum Gasteiger partial charge on any atom is -0.497 e. The van der Waals surface area contributed by atoms with E-state index in [2.05, 4.69) is 30.0 Å². The highest BCUT2D eigenvalue weighted by Gasteiger charge is 2.28. The van der Waals surface area contributed by atoms with E-state index in [4.69, 9.17) is 10.5 Å². The van der Waals surface area contributed by atoms with Crippen LogP contribution in [-0.4, -0.2) is 31.1 Å². The number of nitrogens with zero attached hydrogens (tertiary/aromatic N) is 1. The molecule has 2 atom stereocenters. The molecule has 1 aliphatic heterocycles. The van der Waals surface area contributed by atoms with Crippen molar-refractivity contribution in [1.29, 1.82) is 0 Å². The van der Waals surface area contributed by atoms with E-state index in [1.165, 1.54) is 31.2 Å². The van der Waals surface area contributed by atoms with Crippen LogP contribution >= 0.6 is 0 Å². The Kier molecular flexibility index (Phi) is 5.23. The van der Waals surface area contributed by atoms with E-state index >= 15 is 0 Å². The van der Waals surface area contributed by atoms with Gasteiger partial charge in [-0.1, -0.05) is 25.5 Å². The van der Waals surface area contributed by atoms with Crippen LogP contribution in [0.2, 0.25) is 0 Å². The minimum absolute atomic E-state index is 0.320. The molecular weight excluding hydrogens is 236 g/mol. The number of ether oxygens (including phenoxy) is 1. The standard InChI is InChI=1S/C16H26N2O/c1-3-14-8-4-5-10-18(14)16(12-17)13-7-6-9-15(11-13)19-2/h6-7,9,11,14,16H,3-5,8,10,12,17H2,1-2H3. The van der Waals surface area contributed by atoms with Gasteiger partial charge >= 0.3 is 0 Å². The third kappa shape index (κ3) is 3.28. The predicted molar refractivity (Wildman–Crippen MR) is 79.4 cm³/mol. The van der Waals surface area contributed by atoms with E-state index in [0.29, 0.717) is 18.6 Å². The molecule has 0 spiro atoms. The van der Waals surface area contributed by atoms with Gasteiger partial charge in [-0.2, -0.15) is 0 Å². The zero-order chi connectivity index (χ0) is 13.7. The Balaban J connectivity index is 2.21.